The molecule has 0 aromatic heterocycles. The molecule has 1 aliphatic carbocycles. The minimum Gasteiger partial charge on any atom is -0.493 e. The Balaban J connectivity index is 2.00. The molecule has 1 N–H and O–H groups in total. The summed E-state index contributed by atoms with van der Waals surface area (Å²) in [7, 11) is 2.80. The Morgan fingerprint density at radius 2 is 1.83 bits per heavy atom. The summed E-state index contributed by atoms with van der Waals surface area (Å²) < 4.78 is 15.6. The molecule has 0 radical (unpaired) electrons. The molecule has 2 rings (SSSR count). The lowest BCUT2D eigenvalue weighted by molar-refractivity contribution is -0.128. The van der Waals surface area contributed by atoms with Crippen LogP contribution in [0.4, 0.5) is 0 Å². The van der Waals surface area contributed by atoms with Crippen molar-refractivity contribution in [3.05, 3.63) is 23.8 Å². The second kappa shape index (κ2) is 8.57. The molecule has 0 heterocycles. The molecule has 1 aromatic carbocycles. The summed E-state index contributed by atoms with van der Waals surface area (Å²) in [4.78, 5) is 23.8. The number of hydrogen-bond donors (Lipinski definition) is 1. The zero-order chi connectivity index (χ0) is 17.5. The molecule has 1 aromatic rings. The van der Waals surface area contributed by atoms with Crippen LogP contribution in [0.15, 0.2) is 18.2 Å². The molecule has 6 nitrogen and oxygen atoms in total. The summed E-state index contributed by atoms with van der Waals surface area (Å²) in [5.74, 6) is 0.204. The topological polar surface area (TPSA) is 73.9 Å². The summed E-state index contributed by atoms with van der Waals surface area (Å²) in [5, 5.41) is 3.04. The van der Waals surface area contributed by atoms with Gasteiger partial charge in [-0.1, -0.05) is 19.3 Å². The second-order valence-electron chi connectivity index (χ2n) is 5.96. The quantitative estimate of drug-likeness (QED) is 0.809. The molecule has 1 amide bonds. The Morgan fingerprint density at radius 3 is 2.46 bits per heavy atom. The Morgan fingerprint density at radius 1 is 1.12 bits per heavy atom. The van der Waals surface area contributed by atoms with Gasteiger partial charge >= 0.3 is 5.97 Å². The maximum Gasteiger partial charge on any atom is 0.337 e. The highest BCUT2D eigenvalue weighted by molar-refractivity contribution is 5.90. The van der Waals surface area contributed by atoms with E-state index in [-0.39, 0.29) is 11.9 Å². The summed E-state index contributed by atoms with van der Waals surface area (Å²) in [5.41, 5.74) is 0.362. The number of rotatable bonds is 6. The van der Waals surface area contributed by atoms with Crippen molar-refractivity contribution in [2.24, 2.45) is 0 Å². The van der Waals surface area contributed by atoms with Gasteiger partial charge in [-0.3, -0.25) is 4.79 Å². The minimum atomic E-state index is -0.648. The van der Waals surface area contributed by atoms with Crippen molar-refractivity contribution >= 4 is 11.9 Å². The molecule has 132 valence electrons. The monoisotopic (exact) mass is 335 g/mol. The van der Waals surface area contributed by atoms with Gasteiger partial charge in [-0.25, -0.2) is 4.79 Å². The van der Waals surface area contributed by atoms with E-state index in [0.717, 1.165) is 25.7 Å². The van der Waals surface area contributed by atoms with Crippen molar-refractivity contribution in [2.45, 2.75) is 51.2 Å². The molecule has 1 saturated carbocycles. The van der Waals surface area contributed by atoms with Gasteiger partial charge in [0, 0.05) is 6.04 Å². The Hall–Kier alpha value is -2.24. The first-order chi connectivity index (χ1) is 11.5. The van der Waals surface area contributed by atoms with Gasteiger partial charge in [-0.05, 0) is 38.0 Å². The summed E-state index contributed by atoms with van der Waals surface area (Å²) in [6.07, 6.45) is 4.95. The summed E-state index contributed by atoms with van der Waals surface area (Å²) in [6, 6.07) is 4.96. The zero-order valence-corrected chi connectivity index (χ0v) is 14.5. The molecule has 24 heavy (non-hydrogen) atoms. The SMILES string of the molecule is COC(=O)c1ccc(O[C@@H](C)C(=O)NC2CCCCC2)c(OC)c1. The number of esters is 1. The molecule has 1 atom stereocenters. The lowest BCUT2D eigenvalue weighted by Gasteiger charge is -2.25. The van der Waals surface area contributed by atoms with Crippen LogP contribution in [0.5, 0.6) is 11.5 Å². The molecule has 0 saturated heterocycles. The Bertz CT molecular complexity index is 581. The molecule has 1 fully saturated rings. The van der Waals surface area contributed by atoms with E-state index in [1.165, 1.54) is 26.7 Å². The van der Waals surface area contributed by atoms with Gasteiger partial charge in [0.05, 0.1) is 19.8 Å². The molecule has 0 aliphatic heterocycles. The van der Waals surface area contributed by atoms with Crippen molar-refractivity contribution in [1.29, 1.82) is 0 Å². The van der Waals surface area contributed by atoms with Crippen LogP contribution in [0, 0.1) is 0 Å². The molecular weight excluding hydrogens is 310 g/mol. The molecule has 0 spiro atoms. The minimum absolute atomic E-state index is 0.138. The van der Waals surface area contributed by atoms with Crippen LogP contribution in [0.2, 0.25) is 0 Å². The highest BCUT2D eigenvalue weighted by Gasteiger charge is 2.22. The number of methoxy groups -OCH3 is 2. The van der Waals surface area contributed by atoms with E-state index in [9.17, 15) is 9.59 Å². The average Bonchev–Trinajstić information content (AvgIpc) is 2.62. The average molecular weight is 335 g/mol. The number of hydrogen-bond acceptors (Lipinski definition) is 5. The number of carbonyl (C=O) groups is 2. The molecule has 1 aliphatic rings. The summed E-state index contributed by atoms with van der Waals surface area (Å²) in [6.45, 7) is 1.70. The van der Waals surface area contributed by atoms with E-state index in [0.29, 0.717) is 17.1 Å². The zero-order valence-electron chi connectivity index (χ0n) is 14.5. The Labute approximate surface area is 142 Å². The number of carbonyl (C=O) groups excluding carboxylic acids is 2. The Kier molecular flexibility index (Phi) is 6.46. The van der Waals surface area contributed by atoms with E-state index in [4.69, 9.17) is 9.47 Å². The van der Waals surface area contributed by atoms with Crippen molar-refractivity contribution in [3.63, 3.8) is 0 Å². The van der Waals surface area contributed by atoms with Crippen LogP contribution in [0.25, 0.3) is 0 Å². The normalized spacial score (nSPS) is 16.1. The predicted octanol–water partition coefficient (Wildman–Crippen LogP) is 2.70. The van der Waals surface area contributed by atoms with E-state index in [1.54, 1.807) is 19.1 Å². The van der Waals surface area contributed by atoms with Gasteiger partial charge in [0.25, 0.3) is 5.91 Å². The number of benzene rings is 1. The van der Waals surface area contributed by atoms with Gasteiger partial charge in [0.1, 0.15) is 0 Å². The lowest BCUT2D eigenvalue weighted by Crippen LogP contribution is -2.43. The van der Waals surface area contributed by atoms with E-state index in [2.05, 4.69) is 10.1 Å². The van der Waals surface area contributed by atoms with Gasteiger partial charge in [-0.2, -0.15) is 0 Å². The van der Waals surface area contributed by atoms with Crippen LogP contribution in [0.3, 0.4) is 0 Å². The van der Waals surface area contributed by atoms with Crippen LogP contribution in [-0.2, 0) is 9.53 Å². The maximum atomic E-state index is 12.3. The number of amides is 1. The summed E-state index contributed by atoms with van der Waals surface area (Å²) >= 11 is 0. The smallest absolute Gasteiger partial charge is 0.337 e. The van der Waals surface area contributed by atoms with Gasteiger partial charge < -0.3 is 19.5 Å². The first-order valence-corrected chi connectivity index (χ1v) is 8.28. The van der Waals surface area contributed by atoms with Crippen molar-refractivity contribution in [2.75, 3.05) is 14.2 Å². The standard InChI is InChI=1S/C18H25NO5/c1-12(17(20)19-14-7-5-4-6-8-14)24-15-10-9-13(18(21)23-3)11-16(15)22-2/h9-12,14H,4-8H2,1-3H3,(H,19,20)/t12-/m0/s1. The first kappa shape index (κ1) is 18.1. The molecule has 6 heteroatoms. The fraction of sp³-hybridized carbons (Fsp3) is 0.556. The van der Waals surface area contributed by atoms with Crippen molar-refractivity contribution < 1.29 is 23.8 Å². The third-order valence-corrected chi connectivity index (χ3v) is 4.21. The third-order valence-electron chi connectivity index (χ3n) is 4.21. The van der Waals surface area contributed by atoms with Crippen LogP contribution in [0.1, 0.15) is 49.4 Å². The van der Waals surface area contributed by atoms with Crippen LogP contribution in [-0.4, -0.2) is 38.2 Å². The van der Waals surface area contributed by atoms with Crippen molar-refractivity contribution in [3.8, 4) is 11.5 Å². The lowest BCUT2D eigenvalue weighted by atomic mass is 9.95. The highest BCUT2D eigenvalue weighted by atomic mass is 16.5. The highest BCUT2D eigenvalue weighted by Crippen LogP contribution is 2.29. The first-order valence-electron chi connectivity index (χ1n) is 8.28. The largest absolute Gasteiger partial charge is 0.493 e. The van der Waals surface area contributed by atoms with E-state index >= 15 is 0 Å². The van der Waals surface area contributed by atoms with Gasteiger partial charge in [0.2, 0.25) is 0 Å². The predicted molar refractivity (Wildman–Crippen MR) is 89.4 cm³/mol. The molecule has 0 bridgehead atoms. The number of nitrogens with one attached hydrogen (secondary N) is 1. The molecule has 0 unspecified atom stereocenters. The van der Waals surface area contributed by atoms with Crippen molar-refractivity contribution in [1.82, 2.24) is 5.32 Å². The maximum absolute atomic E-state index is 12.3. The fourth-order valence-electron chi connectivity index (χ4n) is 2.82. The van der Waals surface area contributed by atoms with Crippen LogP contribution < -0.4 is 14.8 Å². The third kappa shape index (κ3) is 4.63. The van der Waals surface area contributed by atoms with Gasteiger partial charge in [-0.15, -0.1) is 0 Å². The van der Waals surface area contributed by atoms with E-state index < -0.39 is 12.1 Å². The number of ether oxygens (including phenoxy) is 3. The fourth-order valence-corrected chi connectivity index (χ4v) is 2.82. The molecular formula is C18H25NO5. The second-order valence-corrected chi connectivity index (χ2v) is 5.96. The van der Waals surface area contributed by atoms with E-state index in [1.807, 2.05) is 0 Å². The van der Waals surface area contributed by atoms with Crippen LogP contribution >= 0.6 is 0 Å². The van der Waals surface area contributed by atoms with Gasteiger partial charge in [0.15, 0.2) is 17.6 Å².